The van der Waals surface area contributed by atoms with Crippen LogP contribution in [-0.4, -0.2) is 52.9 Å². The predicted molar refractivity (Wildman–Crippen MR) is 169 cm³/mol. The molecular formula is C34H46N4O4. The van der Waals surface area contributed by atoms with Crippen LogP contribution in [0.15, 0.2) is 42.7 Å². The molecule has 3 heterocycles. The standard InChI is InChI=1S/C34H46N4O4/c1-22-9-11-26(19-23(22)2)41-18-15-35-28-12-10-25(20-37-28)27-21-36-24(3)29(31(32(39)40)42-33(4,5)6)30(27)38-16-13-34(7,8)14-17-38/h9-12,19-21,31H,13-18H2,1-8H3,(H,35,37)(H,39,40)/t31-/m0/s1. The maximum Gasteiger partial charge on any atom is 0.337 e. The molecule has 8 nitrogen and oxygen atoms in total. The van der Waals surface area contributed by atoms with Crippen LogP contribution in [0, 0.1) is 26.2 Å². The summed E-state index contributed by atoms with van der Waals surface area (Å²) in [6, 6.07) is 10.1. The molecule has 2 N–H and O–H groups in total. The first-order valence-corrected chi connectivity index (χ1v) is 14.8. The highest BCUT2D eigenvalue weighted by atomic mass is 16.5. The molecule has 1 aromatic carbocycles. The van der Waals surface area contributed by atoms with Crippen molar-refractivity contribution in [3.8, 4) is 16.9 Å². The van der Waals surface area contributed by atoms with Crippen molar-refractivity contribution in [1.29, 1.82) is 0 Å². The molecule has 4 rings (SSSR count). The van der Waals surface area contributed by atoms with Crippen molar-refractivity contribution in [3.05, 3.63) is 65.1 Å². The van der Waals surface area contributed by atoms with E-state index in [0.29, 0.717) is 24.4 Å². The molecule has 1 saturated heterocycles. The first-order valence-electron chi connectivity index (χ1n) is 14.8. The summed E-state index contributed by atoms with van der Waals surface area (Å²) in [5.41, 5.74) is 5.92. The summed E-state index contributed by atoms with van der Waals surface area (Å²) in [7, 11) is 0. The van der Waals surface area contributed by atoms with Gasteiger partial charge in [-0.15, -0.1) is 0 Å². The van der Waals surface area contributed by atoms with Crippen molar-refractivity contribution in [1.82, 2.24) is 9.97 Å². The number of aromatic nitrogens is 2. The number of nitrogens with zero attached hydrogens (tertiary/aromatic N) is 3. The van der Waals surface area contributed by atoms with E-state index < -0.39 is 17.7 Å². The highest BCUT2D eigenvalue weighted by Gasteiger charge is 2.35. The minimum absolute atomic E-state index is 0.240. The summed E-state index contributed by atoms with van der Waals surface area (Å²) < 4.78 is 12.0. The summed E-state index contributed by atoms with van der Waals surface area (Å²) >= 11 is 0. The van der Waals surface area contributed by atoms with Gasteiger partial charge in [0.1, 0.15) is 18.2 Å². The van der Waals surface area contributed by atoms with Crippen LogP contribution in [-0.2, 0) is 9.53 Å². The van der Waals surface area contributed by atoms with Crippen LogP contribution in [0.1, 0.15) is 75.9 Å². The van der Waals surface area contributed by atoms with E-state index in [-0.39, 0.29) is 5.41 Å². The van der Waals surface area contributed by atoms with Crippen LogP contribution in [0.25, 0.3) is 11.1 Å². The summed E-state index contributed by atoms with van der Waals surface area (Å²) in [4.78, 5) is 24.2. The summed E-state index contributed by atoms with van der Waals surface area (Å²) in [6.45, 7) is 19.0. The summed E-state index contributed by atoms with van der Waals surface area (Å²) in [6.07, 6.45) is 4.53. The molecule has 0 amide bonds. The number of rotatable bonds is 10. The molecule has 0 saturated carbocycles. The molecule has 0 radical (unpaired) electrons. The lowest BCUT2D eigenvalue weighted by molar-refractivity contribution is -0.160. The third-order valence-corrected chi connectivity index (χ3v) is 7.91. The summed E-state index contributed by atoms with van der Waals surface area (Å²) in [5, 5.41) is 13.6. The number of ether oxygens (including phenoxy) is 2. The van der Waals surface area contributed by atoms with E-state index in [1.165, 1.54) is 11.1 Å². The normalized spacial score (nSPS) is 15.8. The smallest absolute Gasteiger partial charge is 0.337 e. The van der Waals surface area contributed by atoms with E-state index in [9.17, 15) is 9.90 Å². The fraction of sp³-hybridized carbons (Fsp3) is 0.500. The number of carbonyl (C=O) groups is 1. The van der Waals surface area contributed by atoms with Gasteiger partial charge < -0.3 is 24.8 Å². The highest BCUT2D eigenvalue weighted by Crippen LogP contribution is 2.43. The maximum atomic E-state index is 12.6. The van der Waals surface area contributed by atoms with Gasteiger partial charge in [0.15, 0.2) is 6.10 Å². The minimum atomic E-state index is -1.14. The Morgan fingerprint density at radius 2 is 1.76 bits per heavy atom. The quantitative estimate of drug-likeness (QED) is 0.247. The Kier molecular flexibility index (Phi) is 9.46. The Morgan fingerprint density at radius 3 is 2.36 bits per heavy atom. The topological polar surface area (TPSA) is 96.8 Å². The van der Waals surface area contributed by atoms with Gasteiger partial charge in [-0.1, -0.05) is 19.9 Å². The van der Waals surface area contributed by atoms with E-state index in [1.807, 2.05) is 58.3 Å². The second kappa shape index (κ2) is 12.7. The average Bonchev–Trinajstić information content (AvgIpc) is 2.92. The maximum absolute atomic E-state index is 12.6. The van der Waals surface area contributed by atoms with Gasteiger partial charge in [-0.05, 0) is 95.2 Å². The number of hydrogen-bond acceptors (Lipinski definition) is 7. The van der Waals surface area contributed by atoms with Gasteiger partial charge in [-0.3, -0.25) is 4.98 Å². The number of hydrogen-bond donors (Lipinski definition) is 2. The van der Waals surface area contributed by atoms with Crippen LogP contribution < -0.4 is 15.0 Å². The molecule has 1 atom stereocenters. The molecule has 2 aromatic heterocycles. The number of carboxylic acids is 1. The van der Waals surface area contributed by atoms with Crippen LogP contribution in [0.5, 0.6) is 5.75 Å². The Balaban J connectivity index is 1.60. The lowest BCUT2D eigenvalue weighted by Gasteiger charge is -2.40. The van der Waals surface area contributed by atoms with Gasteiger partial charge in [-0.2, -0.15) is 0 Å². The zero-order valence-electron chi connectivity index (χ0n) is 26.4. The van der Waals surface area contributed by atoms with Gasteiger partial charge in [0, 0.05) is 47.9 Å². The molecule has 0 bridgehead atoms. The molecule has 1 aliphatic rings. The van der Waals surface area contributed by atoms with Gasteiger partial charge >= 0.3 is 5.97 Å². The number of anilines is 2. The zero-order chi connectivity index (χ0) is 30.7. The molecule has 0 unspecified atom stereocenters. The second-order valence-electron chi connectivity index (χ2n) is 13.1. The van der Waals surface area contributed by atoms with E-state index in [1.54, 1.807) is 0 Å². The number of piperidine rings is 1. The molecule has 42 heavy (non-hydrogen) atoms. The highest BCUT2D eigenvalue weighted by molar-refractivity contribution is 5.86. The molecule has 0 aliphatic carbocycles. The fourth-order valence-corrected chi connectivity index (χ4v) is 5.21. The van der Waals surface area contributed by atoms with Crippen molar-refractivity contribution in [2.75, 3.05) is 36.5 Å². The van der Waals surface area contributed by atoms with E-state index in [2.05, 4.69) is 60.0 Å². The minimum Gasteiger partial charge on any atom is -0.492 e. The SMILES string of the molecule is Cc1ccc(OCCNc2ccc(-c3cnc(C)c([C@H](OC(C)(C)C)C(=O)O)c3N3CCC(C)(C)CC3)cn2)cc1C. The van der Waals surface area contributed by atoms with Gasteiger partial charge in [-0.25, -0.2) is 9.78 Å². The fourth-order valence-electron chi connectivity index (χ4n) is 5.21. The zero-order valence-corrected chi connectivity index (χ0v) is 26.4. The van der Waals surface area contributed by atoms with Gasteiger partial charge in [0.2, 0.25) is 0 Å². The molecule has 1 fully saturated rings. The third kappa shape index (κ3) is 7.79. The van der Waals surface area contributed by atoms with Crippen molar-refractivity contribution in [3.63, 3.8) is 0 Å². The number of carboxylic acid groups (broad SMARTS) is 1. The lowest BCUT2D eigenvalue weighted by atomic mass is 9.82. The third-order valence-electron chi connectivity index (χ3n) is 7.91. The second-order valence-corrected chi connectivity index (χ2v) is 13.1. The molecule has 1 aliphatic heterocycles. The number of aryl methyl sites for hydroxylation is 3. The first-order chi connectivity index (χ1) is 19.7. The van der Waals surface area contributed by atoms with Crippen LogP contribution >= 0.6 is 0 Å². The number of benzene rings is 1. The number of aliphatic carboxylic acids is 1. The van der Waals surface area contributed by atoms with E-state index in [4.69, 9.17) is 9.47 Å². The van der Waals surface area contributed by atoms with E-state index in [0.717, 1.165) is 54.3 Å². The first kappa shape index (κ1) is 31.3. The van der Waals surface area contributed by atoms with E-state index >= 15 is 0 Å². The largest absolute Gasteiger partial charge is 0.492 e. The molecule has 3 aromatic rings. The van der Waals surface area contributed by atoms with Crippen LogP contribution in [0.2, 0.25) is 0 Å². The van der Waals surface area contributed by atoms with Crippen LogP contribution in [0.4, 0.5) is 11.5 Å². The van der Waals surface area contributed by atoms with Crippen molar-refractivity contribution >= 4 is 17.5 Å². The monoisotopic (exact) mass is 574 g/mol. The predicted octanol–water partition coefficient (Wildman–Crippen LogP) is 7.13. The Hall–Kier alpha value is -3.65. The number of nitrogens with one attached hydrogen (secondary N) is 1. The van der Waals surface area contributed by atoms with Crippen LogP contribution in [0.3, 0.4) is 0 Å². The average molecular weight is 575 g/mol. The molecule has 226 valence electrons. The van der Waals surface area contributed by atoms with Crippen molar-refractivity contribution in [2.45, 2.75) is 79.9 Å². The van der Waals surface area contributed by atoms with Gasteiger partial charge in [0.05, 0.1) is 17.8 Å². The van der Waals surface area contributed by atoms with Crippen molar-refractivity contribution in [2.24, 2.45) is 5.41 Å². The molecular weight excluding hydrogens is 528 g/mol. The Bertz CT molecular complexity index is 1390. The van der Waals surface area contributed by atoms with Crippen molar-refractivity contribution < 1.29 is 19.4 Å². The van der Waals surface area contributed by atoms with Gasteiger partial charge in [0.25, 0.3) is 0 Å². The number of pyridine rings is 2. The molecule has 0 spiro atoms. The Morgan fingerprint density at radius 1 is 1.05 bits per heavy atom. The molecule has 8 heteroatoms. The summed E-state index contributed by atoms with van der Waals surface area (Å²) in [5.74, 6) is 0.573. The lowest BCUT2D eigenvalue weighted by Crippen LogP contribution is -2.39. The Labute approximate surface area is 250 Å².